The van der Waals surface area contributed by atoms with E-state index in [4.69, 9.17) is 0 Å². The summed E-state index contributed by atoms with van der Waals surface area (Å²) in [5, 5.41) is 6.34. The lowest BCUT2D eigenvalue weighted by atomic mass is 9.91. The van der Waals surface area contributed by atoms with Gasteiger partial charge in [0.05, 0.1) is 6.04 Å². The number of benzene rings is 1. The van der Waals surface area contributed by atoms with E-state index >= 15 is 0 Å². The Bertz CT molecular complexity index is 652. The summed E-state index contributed by atoms with van der Waals surface area (Å²) in [4.78, 5) is 27.2. The maximum absolute atomic E-state index is 12.9. The quantitative estimate of drug-likeness (QED) is 0.759. The number of piperidine rings is 1. The Morgan fingerprint density at radius 3 is 2.68 bits per heavy atom. The molecule has 5 heteroatoms. The third-order valence-electron chi connectivity index (χ3n) is 6.28. The maximum atomic E-state index is 12.9. The number of hydrogen-bond acceptors (Lipinski definition) is 3. The molecule has 0 saturated carbocycles. The maximum Gasteiger partial charge on any atom is 0.237 e. The van der Waals surface area contributed by atoms with Crippen LogP contribution >= 0.6 is 0 Å². The Morgan fingerprint density at radius 2 is 2.00 bits per heavy atom. The minimum Gasteiger partial charge on any atom is -0.354 e. The minimum atomic E-state index is -0.0267. The fraction of sp³-hybridized carbons (Fsp3) is 0.652. The molecule has 154 valence electrons. The number of amides is 2. The van der Waals surface area contributed by atoms with Gasteiger partial charge in [-0.1, -0.05) is 36.8 Å². The first kappa shape index (κ1) is 20.8. The molecule has 2 aliphatic heterocycles. The lowest BCUT2D eigenvalue weighted by Gasteiger charge is -2.34. The molecule has 3 atom stereocenters. The van der Waals surface area contributed by atoms with Gasteiger partial charge in [-0.05, 0) is 63.0 Å². The van der Waals surface area contributed by atoms with Crippen LogP contribution in [0.3, 0.4) is 0 Å². The van der Waals surface area contributed by atoms with E-state index in [1.807, 2.05) is 4.90 Å². The molecule has 0 aliphatic carbocycles. The molecule has 2 heterocycles. The number of nitrogens with one attached hydrogen (secondary N) is 2. The van der Waals surface area contributed by atoms with E-state index in [2.05, 4.69) is 48.7 Å². The molecule has 1 aromatic carbocycles. The summed E-state index contributed by atoms with van der Waals surface area (Å²) in [5.41, 5.74) is 2.50. The van der Waals surface area contributed by atoms with Crippen molar-refractivity contribution in [2.75, 3.05) is 26.2 Å². The van der Waals surface area contributed by atoms with E-state index in [0.29, 0.717) is 18.9 Å². The molecule has 0 spiro atoms. The second-order valence-corrected chi connectivity index (χ2v) is 8.46. The van der Waals surface area contributed by atoms with Crippen molar-refractivity contribution in [2.24, 2.45) is 5.92 Å². The Kier molecular flexibility index (Phi) is 7.49. The van der Waals surface area contributed by atoms with Crippen molar-refractivity contribution >= 4 is 11.8 Å². The third-order valence-corrected chi connectivity index (χ3v) is 6.28. The third kappa shape index (κ3) is 5.57. The number of carbonyl (C=O) groups is 2. The number of likely N-dealkylation sites (tertiary alicyclic amines) is 1. The zero-order chi connectivity index (χ0) is 19.9. The Morgan fingerprint density at radius 1 is 1.21 bits per heavy atom. The summed E-state index contributed by atoms with van der Waals surface area (Å²) < 4.78 is 0. The van der Waals surface area contributed by atoms with Gasteiger partial charge in [0.2, 0.25) is 11.8 Å². The van der Waals surface area contributed by atoms with Crippen LogP contribution in [0.5, 0.6) is 0 Å². The van der Waals surface area contributed by atoms with Gasteiger partial charge in [-0.25, -0.2) is 0 Å². The van der Waals surface area contributed by atoms with Crippen LogP contribution in [0.25, 0.3) is 0 Å². The van der Waals surface area contributed by atoms with Gasteiger partial charge in [-0.15, -0.1) is 0 Å². The largest absolute Gasteiger partial charge is 0.354 e. The molecule has 5 nitrogen and oxygen atoms in total. The van der Waals surface area contributed by atoms with E-state index in [1.165, 1.54) is 11.1 Å². The van der Waals surface area contributed by atoms with Gasteiger partial charge < -0.3 is 15.5 Å². The van der Waals surface area contributed by atoms with Crippen LogP contribution in [0.4, 0.5) is 0 Å². The van der Waals surface area contributed by atoms with Gasteiger partial charge in [0.25, 0.3) is 0 Å². The van der Waals surface area contributed by atoms with Crippen molar-refractivity contribution in [1.29, 1.82) is 0 Å². The Balaban J connectivity index is 1.49. The van der Waals surface area contributed by atoms with Crippen molar-refractivity contribution in [1.82, 2.24) is 15.5 Å². The highest BCUT2D eigenvalue weighted by atomic mass is 16.2. The van der Waals surface area contributed by atoms with Gasteiger partial charge in [-0.2, -0.15) is 0 Å². The number of carbonyl (C=O) groups excluding carboxylic acids is 2. The number of nitrogens with zero attached hydrogens (tertiary/aromatic N) is 1. The van der Waals surface area contributed by atoms with Crippen LogP contribution in [0.2, 0.25) is 0 Å². The normalized spacial score (nSPS) is 23.4. The first-order valence-corrected chi connectivity index (χ1v) is 10.9. The summed E-state index contributed by atoms with van der Waals surface area (Å²) >= 11 is 0. The molecule has 2 aliphatic rings. The summed E-state index contributed by atoms with van der Waals surface area (Å²) in [5.74, 6) is 1.01. The van der Waals surface area contributed by atoms with Gasteiger partial charge >= 0.3 is 0 Å². The topological polar surface area (TPSA) is 61.4 Å². The van der Waals surface area contributed by atoms with Gasteiger partial charge in [-0.3, -0.25) is 9.59 Å². The van der Waals surface area contributed by atoms with Crippen molar-refractivity contribution in [2.45, 2.75) is 64.3 Å². The van der Waals surface area contributed by atoms with Crippen LogP contribution in [0.15, 0.2) is 24.3 Å². The molecule has 3 unspecified atom stereocenters. The zero-order valence-corrected chi connectivity index (χ0v) is 17.4. The minimum absolute atomic E-state index is 0.0267. The first-order chi connectivity index (χ1) is 13.6. The molecule has 1 aromatic rings. The SMILES string of the molecule is CCC(CC(=O)N1CCCC(CNC(=O)C2CCCN2)C1)c1ccc(C)cc1. The predicted octanol–water partition coefficient (Wildman–Crippen LogP) is 2.99. The predicted molar refractivity (Wildman–Crippen MR) is 112 cm³/mol. The van der Waals surface area contributed by atoms with Crippen LogP contribution < -0.4 is 10.6 Å². The summed E-state index contributed by atoms with van der Waals surface area (Å²) in [6.07, 6.45) is 5.65. The lowest BCUT2D eigenvalue weighted by Crippen LogP contribution is -2.46. The molecule has 2 amide bonds. The standard InChI is InChI=1S/C23H35N3O2/c1-3-19(20-10-8-17(2)9-11-20)14-22(27)26-13-5-6-18(16-26)15-25-23(28)21-7-4-12-24-21/h8-11,18-19,21,24H,3-7,12-16H2,1-2H3,(H,25,28). The number of aryl methyl sites for hydroxylation is 1. The summed E-state index contributed by atoms with van der Waals surface area (Å²) in [7, 11) is 0. The zero-order valence-electron chi connectivity index (χ0n) is 17.4. The molecule has 0 radical (unpaired) electrons. The number of hydrogen-bond donors (Lipinski definition) is 2. The molecule has 0 bridgehead atoms. The van der Waals surface area contributed by atoms with E-state index in [0.717, 1.165) is 51.7 Å². The molecular weight excluding hydrogens is 350 g/mol. The van der Waals surface area contributed by atoms with Crippen molar-refractivity contribution < 1.29 is 9.59 Å². The summed E-state index contributed by atoms with van der Waals surface area (Å²) in [6, 6.07) is 8.54. The number of rotatable bonds is 7. The van der Waals surface area contributed by atoms with Crippen molar-refractivity contribution in [3.05, 3.63) is 35.4 Å². The second kappa shape index (κ2) is 10.1. The van der Waals surface area contributed by atoms with E-state index in [9.17, 15) is 9.59 Å². The molecule has 0 aromatic heterocycles. The molecular formula is C23H35N3O2. The highest BCUT2D eigenvalue weighted by Crippen LogP contribution is 2.26. The van der Waals surface area contributed by atoms with E-state index in [-0.39, 0.29) is 23.8 Å². The fourth-order valence-corrected chi connectivity index (χ4v) is 4.41. The monoisotopic (exact) mass is 385 g/mol. The van der Waals surface area contributed by atoms with Gasteiger partial charge in [0.1, 0.15) is 0 Å². The van der Waals surface area contributed by atoms with Gasteiger partial charge in [0.15, 0.2) is 0 Å². The highest BCUT2D eigenvalue weighted by molar-refractivity contribution is 5.82. The lowest BCUT2D eigenvalue weighted by molar-refractivity contribution is -0.133. The summed E-state index contributed by atoms with van der Waals surface area (Å²) in [6.45, 7) is 7.47. The van der Waals surface area contributed by atoms with Crippen molar-refractivity contribution in [3.63, 3.8) is 0 Å². The average Bonchev–Trinajstić information content (AvgIpc) is 3.26. The average molecular weight is 386 g/mol. The molecule has 3 rings (SSSR count). The van der Waals surface area contributed by atoms with Crippen LogP contribution in [-0.4, -0.2) is 48.9 Å². The molecule has 2 fully saturated rings. The van der Waals surface area contributed by atoms with E-state index < -0.39 is 0 Å². The van der Waals surface area contributed by atoms with Crippen LogP contribution in [0.1, 0.15) is 62.5 Å². The fourth-order valence-electron chi connectivity index (χ4n) is 4.41. The molecule has 2 saturated heterocycles. The van der Waals surface area contributed by atoms with Crippen LogP contribution in [0, 0.1) is 12.8 Å². The molecule has 2 N–H and O–H groups in total. The smallest absolute Gasteiger partial charge is 0.237 e. The van der Waals surface area contributed by atoms with Crippen molar-refractivity contribution in [3.8, 4) is 0 Å². The Labute approximate surface area is 169 Å². The van der Waals surface area contributed by atoms with E-state index in [1.54, 1.807) is 0 Å². The molecule has 28 heavy (non-hydrogen) atoms. The second-order valence-electron chi connectivity index (χ2n) is 8.46. The highest BCUT2D eigenvalue weighted by Gasteiger charge is 2.27. The Hall–Kier alpha value is -1.88. The van der Waals surface area contributed by atoms with Crippen LogP contribution in [-0.2, 0) is 9.59 Å². The van der Waals surface area contributed by atoms with Gasteiger partial charge in [0, 0.05) is 26.1 Å². The first-order valence-electron chi connectivity index (χ1n) is 10.9.